The molecule has 0 bridgehead atoms. The smallest absolute Gasteiger partial charge is 0.223 e. The minimum atomic E-state index is -0.113. The predicted octanol–water partition coefficient (Wildman–Crippen LogP) is 2.54. The van der Waals surface area contributed by atoms with E-state index in [1.165, 1.54) is 0 Å². The van der Waals surface area contributed by atoms with Gasteiger partial charge in [0.2, 0.25) is 5.91 Å². The van der Waals surface area contributed by atoms with Gasteiger partial charge in [0.05, 0.1) is 6.26 Å². The quantitative estimate of drug-likeness (QED) is 0.859. The third kappa shape index (κ3) is 3.24. The van der Waals surface area contributed by atoms with Crippen LogP contribution in [0.5, 0.6) is 0 Å². The Morgan fingerprint density at radius 2 is 2.43 bits per heavy atom. The highest BCUT2D eigenvalue weighted by molar-refractivity contribution is 5.79. The SMILES string of the molecule is O=C(NCC(c1ccco1)n1cccn1)C1CC=CCC1. The molecular weight excluding hydrogens is 266 g/mol. The van der Waals surface area contributed by atoms with Crippen LogP contribution in [0.25, 0.3) is 0 Å². The molecule has 5 heteroatoms. The number of carbonyl (C=O) groups excluding carboxylic acids is 1. The molecule has 2 heterocycles. The maximum absolute atomic E-state index is 12.2. The lowest BCUT2D eigenvalue weighted by molar-refractivity contribution is -0.125. The van der Waals surface area contributed by atoms with Crippen LogP contribution in [0.3, 0.4) is 0 Å². The molecule has 0 fully saturated rings. The van der Waals surface area contributed by atoms with Crippen molar-refractivity contribution >= 4 is 5.91 Å². The summed E-state index contributed by atoms with van der Waals surface area (Å²) in [6.45, 7) is 0.480. The molecule has 1 aliphatic rings. The van der Waals surface area contributed by atoms with Crippen LogP contribution in [-0.2, 0) is 4.79 Å². The van der Waals surface area contributed by atoms with Crippen molar-refractivity contribution in [3.8, 4) is 0 Å². The minimum absolute atomic E-state index is 0.0878. The lowest BCUT2D eigenvalue weighted by atomic mass is 9.93. The molecule has 110 valence electrons. The summed E-state index contributed by atoms with van der Waals surface area (Å²) in [5.74, 6) is 0.996. The third-order valence-corrected chi connectivity index (χ3v) is 3.83. The van der Waals surface area contributed by atoms with Crippen LogP contribution in [-0.4, -0.2) is 22.2 Å². The van der Waals surface area contributed by atoms with Gasteiger partial charge in [-0.05, 0) is 37.5 Å². The molecule has 0 radical (unpaired) electrons. The zero-order chi connectivity index (χ0) is 14.5. The summed E-state index contributed by atoms with van der Waals surface area (Å²) >= 11 is 0. The molecule has 0 aromatic carbocycles. The number of hydrogen-bond donors (Lipinski definition) is 1. The van der Waals surface area contributed by atoms with Gasteiger partial charge in [-0.3, -0.25) is 9.48 Å². The van der Waals surface area contributed by atoms with E-state index in [4.69, 9.17) is 4.42 Å². The van der Waals surface area contributed by atoms with E-state index in [1.54, 1.807) is 17.1 Å². The van der Waals surface area contributed by atoms with Crippen LogP contribution in [0.4, 0.5) is 0 Å². The Bertz CT molecular complexity index is 553. The van der Waals surface area contributed by atoms with Crippen LogP contribution >= 0.6 is 0 Å². The average molecular weight is 285 g/mol. The normalized spacial score (nSPS) is 19.3. The number of furan rings is 1. The van der Waals surface area contributed by atoms with Crippen molar-refractivity contribution in [1.82, 2.24) is 15.1 Å². The summed E-state index contributed by atoms with van der Waals surface area (Å²) in [4.78, 5) is 12.2. The number of allylic oxidation sites excluding steroid dienone is 2. The van der Waals surface area contributed by atoms with Gasteiger partial charge in [-0.1, -0.05) is 12.2 Å². The first-order chi connectivity index (χ1) is 10.3. The van der Waals surface area contributed by atoms with Gasteiger partial charge in [-0.25, -0.2) is 0 Å². The maximum atomic E-state index is 12.2. The fourth-order valence-corrected chi connectivity index (χ4v) is 2.64. The predicted molar refractivity (Wildman–Crippen MR) is 78.6 cm³/mol. The van der Waals surface area contributed by atoms with Crippen LogP contribution in [0.1, 0.15) is 31.1 Å². The van der Waals surface area contributed by atoms with Gasteiger partial charge in [0.1, 0.15) is 11.8 Å². The average Bonchev–Trinajstić information content (AvgIpc) is 3.22. The number of carbonyl (C=O) groups is 1. The van der Waals surface area contributed by atoms with E-state index in [0.717, 1.165) is 25.0 Å². The Labute approximate surface area is 123 Å². The molecule has 21 heavy (non-hydrogen) atoms. The summed E-state index contributed by atoms with van der Waals surface area (Å²) in [7, 11) is 0. The van der Waals surface area contributed by atoms with Gasteiger partial charge < -0.3 is 9.73 Å². The van der Waals surface area contributed by atoms with Gasteiger partial charge in [0.15, 0.2) is 0 Å². The summed E-state index contributed by atoms with van der Waals surface area (Å²) in [5.41, 5.74) is 0. The van der Waals surface area contributed by atoms with Crippen molar-refractivity contribution in [2.45, 2.75) is 25.3 Å². The van der Waals surface area contributed by atoms with E-state index >= 15 is 0 Å². The second kappa shape index (κ2) is 6.43. The first-order valence-electron chi connectivity index (χ1n) is 7.30. The molecule has 2 aromatic rings. The Kier molecular flexibility index (Phi) is 4.19. The highest BCUT2D eigenvalue weighted by atomic mass is 16.3. The van der Waals surface area contributed by atoms with Crippen molar-refractivity contribution < 1.29 is 9.21 Å². The highest BCUT2D eigenvalue weighted by Crippen LogP contribution is 2.20. The number of amides is 1. The van der Waals surface area contributed by atoms with Crippen molar-refractivity contribution in [2.75, 3.05) is 6.54 Å². The number of nitrogens with one attached hydrogen (secondary N) is 1. The topological polar surface area (TPSA) is 60.1 Å². The minimum Gasteiger partial charge on any atom is -0.467 e. The molecule has 1 aliphatic carbocycles. The maximum Gasteiger partial charge on any atom is 0.223 e. The second-order valence-electron chi connectivity index (χ2n) is 5.24. The van der Waals surface area contributed by atoms with E-state index < -0.39 is 0 Å². The molecule has 3 rings (SSSR count). The van der Waals surface area contributed by atoms with Crippen molar-refractivity contribution in [1.29, 1.82) is 0 Å². The van der Waals surface area contributed by atoms with Crippen molar-refractivity contribution in [2.24, 2.45) is 5.92 Å². The first-order valence-corrected chi connectivity index (χ1v) is 7.30. The lowest BCUT2D eigenvalue weighted by Crippen LogP contribution is -2.36. The van der Waals surface area contributed by atoms with Crippen molar-refractivity contribution in [3.05, 3.63) is 54.8 Å². The zero-order valence-electron chi connectivity index (χ0n) is 11.8. The largest absolute Gasteiger partial charge is 0.467 e. The third-order valence-electron chi connectivity index (χ3n) is 3.83. The Hall–Kier alpha value is -2.30. The second-order valence-corrected chi connectivity index (χ2v) is 5.24. The summed E-state index contributed by atoms with van der Waals surface area (Å²) in [6, 6.07) is 5.50. The molecule has 2 aromatic heterocycles. The fourth-order valence-electron chi connectivity index (χ4n) is 2.64. The summed E-state index contributed by atoms with van der Waals surface area (Å²) in [6.07, 6.45) is 12.2. The molecule has 0 saturated heterocycles. The van der Waals surface area contributed by atoms with E-state index in [9.17, 15) is 4.79 Å². The molecule has 5 nitrogen and oxygen atoms in total. The number of aromatic nitrogens is 2. The monoisotopic (exact) mass is 285 g/mol. The highest BCUT2D eigenvalue weighted by Gasteiger charge is 2.22. The molecule has 2 atom stereocenters. The van der Waals surface area contributed by atoms with E-state index in [-0.39, 0.29) is 17.9 Å². The Morgan fingerprint density at radius 3 is 3.10 bits per heavy atom. The van der Waals surface area contributed by atoms with Crippen molar-refractivity contribution in [3.63, 3.8) is 0 Å². The number of hydrogen-bond acceptors (Lipinski definition) is 3. The van der Waals surface area contributed by atoms with Gasteiger partial charge >= 0.3 is 0 Å². The lowest BCUT2D eigenvalue weighted by Gasteiger charge is -2.20. The van der Waals surface area contributed by atoms with E-state index in [1.807, 2.05) is 24.4 Å². The van der Waals surface area contributed by atoms with Crippen LogP contribution in [0.2, 0.25) is 0 Å². The van der Waals surface area contributed by atoms with Gasteiger partial charge in [-0.15, -0.1) is 0 Å². The van der Waals surface area contributed by atoms with E-state index in [2.05, 4.69) is 22.6 Å². The molecular formula is C16H19N3O2. The molecule has 0 spiro atoms. The molecule has 0 aliphatic heterocycles. The molecule has 1 N–H and O–H groups in total. The fraction of sp³-hybridized carbons (Fsp3) is 0.375. The summed E-state index contributed by atoms with van der Waals surface area (Å²) < 4.78 is 7.28. The van der Waals surface area contributed by atoms with Crippen LogP contribution in [0, 0.1) is 5.92 Å². The van der Waals surface area contributed by atoms with E-state index in [0.29, 0.717) is 6.54 Å². The zero-order valence-corrected chi connectivity index (χ0v) is 11.8. The molecule has 2 unspecified atom stereocenters. The van der Waals surface area contributed by atoms with Crippen LogP contribution in [0.15, 0.2) is 53.4 Å². The molecule has 0 saturated carbocycles. The Balaban J connectivity index is 1.65. The summed E-state index contributed by atoms with van der Waals surface area (Å²) in [5, 5.41) is 7.29. The molecule has 1 amide bonds. The van der Waals surface area contributed by atoms with Crippen LogP contribution < -0.4 is 5.32 Å². The first kappa shape index (κ1) is 13.7. The van der Waals surface area contributed by atoms with Gasteiger partial charge in [0, 0.05) is 24.9 Å². The Morgan fingerprint density at radius 1 is 1.48 bits per heavy atom. The number of nitrogens with zero attached hydrogens (tertiary/aromatic N) is 2. The standard InChI is InChI=1S/C16H19N3O2/c20-16(13-6-2-1-3-7-13)17-12-14(15-8-4-11-21-15)19-10-5-9-18-19/h1-2,4-5,8-11,13-14H,3,6-7,12H2,(H,17,20). The number of rotatable bonds is 5. The van der Waals surface area contributed by atoms with Gasteiger partial charge in [-0.2, -0.15) is 5.10 Å². The van der Waals surface area contributed by atoms with Gasteiger partial charge in [0.25, 0.3) is 0 Å².